The Morgan fingerprint density at radius 2 is 1.91 bits per heavy atom. The maximum absolute atomic E-state index is 14.0. The van der Waals surface area contributed by atoms with Gasteiger partial charge in [-0.1, -0.05) is 24.9 Å². The highest BCUT2D eigenvalue weighted by molar-refractivity contribution is 7.89. The Bertz CT molecular complexity index is 1130. The van der Waals surface area contributed by atoms with Crippen LogP contribution in [0, 0.1) is 18.6 Å². The van der Waals surface area contributed by atoms with Gasteiger partial charge in [0, 0.05) is 50.4 Å². The fraction of sp³-hybridized carbons (Fsp3) is 0.429. The molecule has 0 atom stereocenters. The van der Waals surface area contributed by atoms with Gasteiger partial charge in [0.2, 0.25) is 15.9 Å². The van der Waals surface area contributed by atoms with E-state index in [4.69, 9.17) is 11.6 Å². The molecular weight excluding hydrogens is 462 g/mol. The largest absolute Gasteiger partial charge is 0.337 e. The normalized spacial score (nSPS) is 15.6. The summed E-state index contributed by atoms with van der Waals surface area (Å²) >= 11 is 6.38. The molecule has 1 fully saturated rings. The quantitative estimate of drug-likeness (QED) is 0.562. The lowest BCUT2D eigenvalue weighted by molar-refractivity contribution is -0.127. The van der Waals surface area contributed by atoms with E-state index in [-0.39, 0.29) is 32.1 Å². The molecule has 1 aromatic carbocycles. The Kier molecular flexibility index (Phi) is 7.68. The fourth-order valence-electron chi connectivity index (χ4n) is 3.44. The van der Waals surface area contributed by atoms with Crippen LogP contribution in [0.1, 0.15) is 31.0 Å². The van der Waals surface area contributed by atoms with Gasteiger partial charge in [0.1, 0.15) is 21.7 Å². The summed E-state index contributed by atoms with van der Waals surface area (Å²) < 4.78 is 55.2. The van der Waals surface area contributed by atoms with Gasteiger partial charge in [0.05, 0.1) is 5.69 Å². The number of piperazine rings is 1. The fourth-order valence-corrected chi connectivity index (χ4v) is 5.23. The van der Waals surface area contributed by atoms with Gasteiger partial charge >= 0.3 is 0 Å². The highest BCUT2D eigenvalue weighted by Crippen LogP contribution is 2.23. The number of nitrogens with zero attached hydrogens (tertiary/aromatic N) is 4. The van der Waals surface area contributed by atoms with Crippen LogP contribution in [-0.4, -0.2) is 59.5 Å². The minimum Gasteiger partial charge on any atom is -0.337 e. The Labute approximate surface area is 191 Å². The van der Waals surface area contributed by atoms with Crippen molar-refractivity contribution < 1.29 is 22.0 Å². The third-order valence-corrected chi connectivity index (χ3v) is 7.62. The number of hydrogen-bond acceptors (Lipinski definition) is 4. The van der Waals surface area contributed by atoms with Crippen LogP contribution in [0.2, 0.25) is 5.15 Å². The molecule has 11 heteroatoms. The minimum atomic E-state index is -4.12. The molecule has 0 bridgehead atoms. The van der Waals surface area contributed by atoms with Crippen molar-refractivity contribution in [3.63, 3.8) is 0 Å². The number of aryl methyl sites for hydroxylation is 2. The number of rotatable bonds is 7. The van der Waals surface area contributed by atoms with Crippen molar-refractivity contribution in [3.8, 4) is 0 Å². The van der Waals surface area contributed by atoms with Crippen LogP contribution >= 0.6 is 11.6 Å². The van der Waals surface area contributed by atoms with E-state index in [2.05, 4.69) is 12.0 Å². The Morgan fingerprint density at radius 1 is 1.22 bits per heavy atom. The lowest BCUT2D eigenvalue weighted by Gasteiger charge is -2.33. The molecule has 2 aromatic rings. The maximum Gasteiger partial charge on any atom is 0.246 e. The summed E-state index contributed by atoms with van der Waals surface area (Å²) in [6, 6.07) is 2.35. The molecule has 1 aromatic heterocycles. The summed E-state index contributed by atoms with van der Waals surface area (Å²) in [6.07, 6.45) is 4.96. The predicted octanol–water partition coefficient (Wildman–Crippen LogP) is 3.47. The van der Waals surface area contributed by atoms with Crippen LogP contribution in [0.25, 0.3) is 6.08 Å². The van der Waals surface area contributed by atoms with E-state index in [1.807, 2.05) is 6.92 Å². The molecule has 174 valence electrons. The number of aromatic nitrogens is 2. The molecule has 1 aliphatic rings. The summed E-state index contributed by atoms with van der Waals surface area (Å²) in [5.74, 6) is -2.28. The van der Waals surface area contributed by atoms with Crippen molar-refractivity contribution in [1.82, 2.24) is 19.0 Å². The van der Waals surface area contributed by atoms with Crippen LogP contribution in [0.15, 0.2) is 29.2 Å². The molecule has 0 N–H and O–H groups in total. The second kappa shape index (κ2) is 10.1. The number of benzene rings is 1. The first-order valence-electron chi connectivity index (χ1n) is 10.3. The molecule has 1 amide bonds. The van der Waals surface area contributed by atoms with Gasteiger partial charge in [-0.05, 0) is 31.6 Å². The topological polar surface area (TPSA) is 75.5 Å². The standard InChI is InChI=1S/C21H25ClF2N4O3S/c1-3-4-9-28-21(22)17(15(2)25-28)6-8-20(29)26-10-12-27(13-11-26)32(30,31)19-7-5-16(23)14-18(19)24/h5-8,14H,3-4,9-13H2,1-2H3. The molecule has 3 rings (SSSR count). The van der Waals surface area contributed by atoms with Gasteiger partial charge in [-0.25, -0.2) is 17.2 Å². The summed E-state index contributed by atoms with van der Waals surface area (Å²) in [5.41, 5.74) is 1.39. The van der Waals surface area contributed by atoms with Crippen LogP contribution < -0.4 is 0 Å². The van der Waals surface area contributed by atoms with Crippen LogP contribution in [0.3, 0.4) is 0 Å². The first kappa shape index (κ1) is 24.3. The van der Waals surface area contributed by atoms with E-state index in [1.165, 1.54) is 11.0 Å². The first-order chi connectivity index (χ1) is 15.1. The monoisotopic (exact) mass is 486 g/mol. The molecule has 0 unspecified atom stereocenters. The van der Waals surface area contributed by atoms with Crippen molar-refractivity contribution >= 4 is 33.6 Å². The zero-order valence-electron chi connectivity index (χ0n) is 17.9. The molecular formula is C21H25ClF2N4O3S. The number of carbonyl (C=O) groups is 1. The van der Waals surface area contributed by atoms with E-state index >= 15 is 0 Å². The number of halogens is 3. The van der Waals surface area contributed by atoms with Gasteiger partial charge < -0.3 is 4.90 Å². The minimum absolute atomic E-state index is 0.00740. The number of sulfonamides is 1. The summed E-state index contributed by atoms with van der Waals surface area (Å²) in [7, 11) is -4.12. The van der Waals surface area contributed by atoms with E-state index in [9.17, 15) is 22.0 Å². The molecule has 2 heterocycles. The van der Waals surface area contributed by atoms with Crippen molar-refractivity contribution in [2.24, 2.45) is 0 Å². The molecule has 32 heavy (non-hydrogen) atoms. The average Bonchev–Trinajstić information content (AvgIpc) is 3.02. The number of unbranched alkanes of at least 4 members (excludes halogenated alkanes) is 1. The third kappa shape index (κ3) is 5.19. The first-order valence-corrected chi connectivity index (χ1v) is 12.1. The van der Waals surface area contributed by atoms with Gasteiger partial charge in [-0.3, -0.25) is 9.48 Å². The van der Waals surface area contributed by atoms with E-state index in [0.29, 0.717) is 29.0 Å². The maximum atomic E-state index is 14.0. The van der Waals surface area contributed by atoms with E-state index in [1.54, 1.807) is 10.8 Å². The van der Waals surface area contributed by atoms with Crippen molar-refractivity contribution in [3.05, 3.63) is 52.3 Å². The van der Waals surface area contributed by atoms with E-state index < -0.39 is 26.6 Å². The highest BCUT2D eigenvalue weighted by Gasteiger charge is 2.31. The van der Waals surface area contributed by atoms with Crippen molar-refractivity contribution in [1.29, 1.82) is 0 Å². The lowest BCUT2D eigenvalue weighted by Crippen LogP contribution is -2.50. The predicted molar refractivity (Wildman–Crippen MR) is 118 cm³/mol. The second-order valence-electron chi connectivity index (χ2n) is 7.50. The molecule has 0 aliphatic carbocycles. The zero-order valence-corrected chi connectivity index (χ0v) is 19.5. The van der Waals surface area contributed by atoms with Gasteiger partial charge in [0.25, 0.3) is 0 Å². The molecule has 0 spiro atoms. The third-order valence-electron chi connectivity index (χ3n) is 5.29. The van der Waals surface area contributed by atoms with Gasteiger partial charge in [-0.2, -0.15) is 9.40 Å². The molecule has 1 aliphatic heterocycles. The second-order valence-corrected chi connectivity index (χ2v) is 9.77. The summed E-state index contributed by atoms with van der Waals surface area (Å²) in [4.78, 5) is 13.5. The van der Waals surface area contributed by atoms with E-state index in [0.717, 1.165) is 29.3 Å². The molecule has 0 radical (unpaired) electrons. The SMILES string of the molecule is CCCCn1nc(C)c(C=CC(=O)N2CCN(S(=O)(=O)c3ccc(F)cc3F)CC2)c1Cl. The Hall–Kier alpha value is -2.30. The zero-order chi connectivity index (χ0) is 23.5. The Morgan fingerprint density at radius 3 is 2.53 bits per heavy atom. The summed E-state index contributed by atoms with van der Waals surface area (Å²) in [5, 5.41) is 4.87. The van der Waals surface area contributed by atoms with Crippen molar-refractivity contribution in [2.45, 2.75) is 38.1 Å². The number of carbonyl (C=O) groups excluding carboxylic acids is 1. The van der Waals surface area contributed by atoms with Gasteiger partial charge in [0.15, 0.2) is 0 Å². The summed E-state index contributed by atoms with van der Waals surface area (Å²) in [6.45, 7) is 4.90. The van der Waals surface area contributed by atoms with Crippen LogP contribution in [0.4, 0.5) is 8.78 Å². The van der Waals surface area contributed by atoms with Crippen LogP contribution in [-0.2, 0) is 21.4 Å². The Balaban J connectivity index is 1.64. The molecule has 7 nitrogen and oxygen atoms in total. The highest BCUT2D eigenvalue weighted by atomic mass is 35.5. The smallest absolute Gasteiger partial charge is 0.246 e. The van der Waals surface area contributed by atoms with Crippen molar-refractivity contribution in [2.75, 3.05) is 26.2 Å². The number of hydrogen-bond donors (Lipinski definition) is 0. The number of amides is 1. The average molecular weight is 487 g/mol. The molecule has 0 saturated carbocycles. The lowest BCUT2D eigenvalue weighted by atomic mass is 10.2. The molecule has 1 saturated heterocycles. The van der Waals surface area contributed by atoms with Gasteiger partial charge in [-0.15, -0.1) is 0 Å². The van der Waals surface area contributed by atoms with Crippen LogP contribution in [0.5, 0.6) is 0 Å².